The molecule has 0 saturated carbocycles. The van der Waals surface area contributed by atoms with Crippen molar-refractivity contribution in [1.29, 1.82) is 0 Å². The summed E-state index contributed by atoms with van der Waals surface area (Å²) in [6.45, 7) is 8.58. The van der Waals surface area contributed by atoms with Crippen LogP contribution in [0.4, 0.5) is 4.79 Å². The van der Waals surface area contributed by atoms with Crippen LogP contribution in [0.25, 0.3) is 0 Å². The number of carbonyl (C=O) groups is 2. The zero-order valence-electron chi connectivity index (χ0n) is 15.3. The molecule has 2 fully saturated rings. The van der Waals surface area contributed by atoms with E-state index < -0.39 is 0 Å². The van der Waals surface area contributed by atoms with E-state index in [1.807, 2.05) is 30.7 Å². The molecule has 3 rings (SSSR count). The van der Waals surface area contributed by atoms with E-state index in [1.54, 1.807) is 11.3 Å². The van der Waals surface area contributed by atoms with Gasteiger partial charge in [0.1, 0.15) is 0 Å². The maximum Gasteiger partial charge on any atom is 0.317 e. The Balaban J connectivity index is 1.78. The van der Waals surface area contributed by atoms with Gasteiger partial charge in [-0.25, -0.2) is 4.79 Å². The van der Waals surface area contributed by atoms with Gasteiger partial charge < -0.3 is 15.1 Å². The van der Waals surface area contributed by atoms with Crippen LogP contribution in [0.3, 0.4) is 0 Å². The number of rotatable bonds is 3. The Morgan fingerprint density at radius 1 is 1.32 bits per heavy atom. The molecule has 7 heteroatoms. The summed E-state index contributed by atoms with van der Waals surface area (Å²) < 4.78 is 0. The first-order chi connectivity index (χ1) is 11.9. The van der Waals surface area contributed by atoms with E-state index in [0.717, 1.165) is 26.2 Å². The van der Waals surface area contributed by atoms with Crippen LogP contribution in [0.15, 0.2) is 17.5 Å². The molecule has 1 aromatic heterocycles. The number of hydrogen-bond donors (Lipinski definition) is 1. The van der Waals surface area contributed by atoms with Crippen molar-refractivity contribution in [2.24, 2.45) is 5.41 Å². The highest BCUT2D eigenvalue weighted by Gasteiger charge is 2.46. The first-order valence-electron chi connectivity index (χ1n) is 8.91. The summed E-state index contributed by atoms with van der Waals surface area (Å²) in [5.41, 5.74) is -0.173. The number of thiophene rings is 1. The average molecular weight is 365 g/mol. The Labute approximate surface area is 153 Å². The van der Waals surface area contributed by atoms with Gasteiger partial charge in [0.05, 0.1) is 0 Å². The summed E-state index contributed by atoms with van der Waals surface area (Å²) in [6.07, 6.45) is 0.524. The molecule has 1 spiro atoms. The molecule has 25 heavy (non-hydrogen) atoms. The highest BCUT2D eigenvalue weighted by molar-refractivity contribution is 7.09. The molecule has 0 aromatic carbocycles. The van der Waals surface area contributed by atoms with Crippen LogP contribution >= 0.6 is 11.3 Å². The third kappa shape index (κ3) is 4.33. The van der Waals surface area contributed by atoms with Crippen molar-refractivity contribution >= 4 is 23.3 Å². The largest absolute Gasteiger partial charge is 0.345 e. The highest BCUT2D eigenvalue weighted by atomic mass is 32.1. The SMILES string of the molecule is CC(C)NC(=O)N1CCN(Cc2cccs2)C[C@@]2(CC(=O)N(C)C2)C1. The number of nitrogens with zero attached hydrogens (tertiary/aromatic N) is 3. The number of urea groups is 1. The molecule has 138 valence electrons. The first-order valence-corrected chi connectivity index (χ1v) is 9.79. The van der Waals surface area contributed by atoms with Crippen molar-refractivity contribution < 1.29 is 9.59 Å². The second-order valence-electron chi connectivity index (χ2n) is 7.74. The molecule has 1 atom stereocenters. The third-order valence-electron chi connectivity index (χ3n) is 4.95. The third-order valence-corrected chi connectivity index (χ3v) is 5.82. The molecule has 2 aliphatic heterocycles. The normalized spacial score (nSPS) is 25.0. The lowest BCUT2D eigenvalue weighted by atomic mass is 9.86. The van der Waals surface area contributed by atoms with E-state index in [4.69, 9.17) is 0 Å². The minimum absolute atomic E-state index is 0.0191. The van der Waals surface area contributed by atoms with Crippen LogP contribution in [-0.4, -0.2) is 72.5 Å². The van der Waals surface area contributed by atoms with E-state index in [2.05, 4.69) is 27.7 Å². The van der Waals surface area contributed by atoms with Crippen molar-refractivity contribution in [3.05, 3.63) is 22.4 Å². The Kier molecular flexibility index (Phi) is 5.34. The molecule has 0 bridgehead atoms. The van der Waals surface area contributed by atoms with E-state index >= 15 is 0 Å². The molecular weight excluding hydrogens is 336 g/mol. The quantitative estimate of drug-likeness (QED) is 0.890. The Morgan fingerprint density at radius 2 is 2.12 bits per heavy atom. The number of hydrogen-bond acceptors (Lipinski definition) is 4. The maximum atomic E-state index is 12.6. The molecule has 0 aliphatic carbocycles. The monoisotopic (exact) mass is 364 g/mol. The van der Waals surface area contributed by atoms with Crippen LogP contribution < -0.4 is 5.32 Å². The Morgan fingerprint density at radius 3 is 2.72 bits per heavy atom. The lowest BCUT2D eigenvalue weighted by Crippen LogP contribution is -2.48. The molecule has 0 radical (unpaired) electrons. The van der Waals surface area contributed by atoms with Crippen molar-refractivity contribution in [1.82, 2.24) is 20.0 Å². The van der Waals surface area contributed by atoms with E-state index in [-0.39, 0.29) is 23.4 Å². The topological polar surface area (TPSA) is 55.9 Å². The maximum absolute atomic E-state index is 12.6. The summed E-state index contributed by atoms with van der Waals surface area (Å²) in [5.74, 6) is 0.183. The minimum atomic E-state index is -0.173. The van der Waals surface area contributed by atoms with Gasteiger partial charge in [-0.15, -0.1) is 11.3 Å². The smallest absolute Gasteiger partial charge is 0.317 e. The lowest BCUT2D eigenvalue weighted by molar-refractivity contribution is -0.126. The van der Waals surface area contributed by atoms with Gasteiger partial charge in [-0.2, -0.15) is 0 Å². The van der Waals surface area contributed by atoms with Crippen LogP contribution in [0, 0.1) is 5.41 Å². The molecule has 1 aromatic rings. The second kappa shape index (κ2) is 7.33. The zero-order valence-corrected chi connectivity index (χ0v) is 16.1. The molecule has 0 unspecified atom stereocenters. The van der Waals surface area contributed by atoms with Gasteiger partial charge in [0.15, 0.2) is 0 Å². The standard InChI is InChI=1S/C18H28N4O2S/c1-14(2)19-17(24)22-7-6-21(10-15-5-4-8-25-15)12-18(13-22)9-16(23)20(3)11-18/h4-5,8,14H,6-7,9-13H2,1-3H3,(H,19,24)/t18-/m0/s1. The summed E-state index contributed by atoms with van der Waals surface area (Å²) in [6, 6.07) is 4.32. The lowest BCUT2D eigenvalue weighted by Gasteiger charge is -2.33. The zero-order chi connectivity index (χ0) is 18.0. The van der Waals surface area contributed by atoms with Gasteiger partial charge in [-0.05, 0) is 25.3 Å². The second-order valence-corrected chi connectivity index (χ2v) is 8.77. The number of nitrogens with one attached hydrogen (secondary N) is 1. The predicted octanol–water partition coefficient (Wildman–Crippen LogP) is 1.83. The summed E-state index contributed by atoms with van der Waals surface area (Å²) in [7, 11) is 1.87. The summed E-state index contributed by atoms with van der Waals surface area (Å²) >= 11 is 1.76. The summed E-state index contributed by atoms with van der Waals surface area (Å²) in [4.78, 5) is 32.3. The minimum Gasteiger partial charge on any atom is -0.345 e. The van der Waals surface area contributed by atoms with Crippen molar-refractivity contribution in [2.75, 3.05) is 39.8 Å². The molecule has 2 aliphatic rings. The fraction of sp³-hybridized carbons (Fsp3) is 0.667. The molecular formula is C18H28N4O2S. The fourth-order valence-electron chi connectivity index (χ4n) is 3.93. The fourth-order valence-corrected chi connectivity index (χ4v) is 4.68. The first kappa shape index (κ1) is 18.2. The van der Waals surface area contributed by atoms with Crippen molar-refractivity contribution in [3.63, 3.8) is 0 Å². The highest BCUT2D eigenvalue weighted by Crippen LogP contribution is 2.35. The number of amides is 3. The molecule has 6 nitrogen and oxygen atoms in total. The van der Waals surface area contributed by atoms with Crippen molar-refractivity contribution in [3.8, 4) is 0 Å². The molecule has 3 heterocycles. The van der Waals surface area contributed by atoms with Crippen LogP contribution in [-0.2, 0) is 11.3 Å². The van der Waals surface area contributed by atoms with Gasteiger partial charge in [-0.1, -0.05) is 6.07 Å². The van der Waals surface area contributed by atoms with Gasteiger partial charge in [0.25, 0.3) is 0 Å². The average Bonchev–Trinajstić information content (AvgIpc) is 3.06. The van der Waals surface area contributed by atoms with Crippen molar-refractivity contribution in [2.45, 2.75) is 32.9 Å². The molecule has 3 amide bonds. The molecule has 2 saturated heterocycles. The number of carbonyl (C=O) groups excluding carboxylic acids is 2. The van der Waals surface area contributed by atoms with Gasteiger partial charge in [-0.3, -0.25) is 9.69 Å². The van der Waals surface area contributed by atoms with E-state index in [0.29, 0.717) is 19.5 Å². The van der Waals surface area contributed by atoms with E-state index in [1.165, 1.54) is 4.88 Å². The summed E-state index contributed by atoms with van der Waals surface area (Å²) in [5, 5.41) is 5.10. The molecule has 1 N–H and O–H groups in total. The van der Waals surface area contributed by atoms with Gasteiger partial charge >= 0.3 is 6.03 Å². The predicted molar refractivity (Wildman–Crippen MR) is 99.5 cm³/mol. The van der Waals surface area contributed by atoms with E-state index in [9.17, 15) is 9.59 Å². The Bertz CT molecular complexity index is 619. The van der Waals surface area contributed by atoms with Crippen LogP contribution in [0.5, 0.6) is 0 Å². The Hall–Kier alpha value is -1.60. The number of likely N-dealkylation sites (tertiary alicyclic amines) is 1. The van der Waals surface area contributed by atoms with Crippen LogP contribution in [0.1, 0.15) is 25.1 Å². The van der Waals surface area contributed by atoms with Gasteiger partial charge in [0, 0.05) is 69.1 Å². The van der Waals surface area contributed by atoms with Gasteiger partial charge in [0.2, 0.25) is 5.91 Å². The van der Waals surface area contributed by atoms with Crippen LogP contribution in [0.2, 0.25) is 0 Å².